The van der Waals surface area contributed by atoms with Gasteiger partial charge in [-0.1, -0.05) is 91.0 Å². The third-order valence-corrected chi connectivity index (χ3v) is 9.15. The van der Waals surface area contributed by atoms with Gasteiger partial charge in [-0.15, -0.1) is 0 Å². The fraction of sp³-hybridized carbons (Fsp3) is 0.390. The fourth-order valence-electron chi connectivity index (χ4n) is 5.76. The Labute approximate surface area is 332 Å². The average molecular weight is 788 g/mol. The zero-order valence-electron chi connectivity index (χ0n) is 32.8. The minimum Gasteiger partial charge on any atom is -0.394 e. The summed E-state index contributed by atoms with van der Waals surface area (Å²) < 4.78 is 5.10. The van der Waals surface area contributed by atoms with Crippen LogP contribution in [-0.4, -0.2) is 126 Å². The third kappa shape index (κ3) is 14.8. The minimum absolute atomic E-state index is 0.0155. The van der Waals surface area contributed by atoms with Gasteiger partial charge in [-0.25, -0.2) is 0 Å². The Hall–Kier alpha value is -6.13. The second-order valence-electron chi connectivity index (χ2n) is 13.5. The van der Waals surface area contributed by atoms with Gasteiger partial charge in [0.05, 0.1) is 25.8 Å². The van der Waals surface area contributed by atoms with Crippen LogP contribution in [0.4, 0.5) is 0 Å². The molecule has 0 aliphatic heterocycles. The van der Waals surface area contributed by atoms with E-state index in [2.05, 4.69) is 16.0 Å². The van der Waals surface area contributed by atoms with Crippen LogP contribution in [0.25, 0.3) is 0 Å². The molecule has 3 aromatic rings. The van der Waals surface area contributed by atoms with E-state index in [1.807, 2.05) is 6.07 Å². The topological polar surface area (TPSA) is 221 Å². The summed E-state index contributed by atoms with van der Waals surface area (Å²) in [6.07, 6.45) is 0.0155. The molecule has 0 spiro atoms. The van der Waals surface area contributed by atoms with Crippen LogP contribution >= 0.6 is 0 Å². The number of aliphatic hydroxyl groups is 1. The average Bonchev–Trinajstić information content (AvgIpc) is 3.20. The summed E-state index contributed by atoms with van der Waals surface area (Å²) in [6.45, 7) is 2.62. The Kier molecular flexibility index (Phi) is 18.3. The molecule has 57 heavy (non-hydrogen) atoms. The highest BCUT2D eigenvalue weighted by Gasteiger charge is 2.32. The van der Waals surface area contributed by atoms with Crippen molar-refractivity contribution in [2.75, 3.05) is 46.5 Å². The van der Waals surface area contributed by atoms with Crippen molar-refractivity contribution >= 4 is 41.4 Å². The Morgan fingerprint density at radius 2 is 1.25 bits per heavy atom. The number of hydrogen-bond acceptors (Lipinski definition) is 9. The number of primary amides is 1. The Morgan fingerprint density at radius 3 is 1.79 bits per heavy atom. The van der Waals surface area contributed by atoms with Crippen molar-refractivity contribution in [1.82, 2.24) is 30.7 Å². The molecule has 4 atom stereocenters. The summed E-state index contributed by atoms with van der Waals surface area (Å²) in [5.41, 5.74) is 7.41. The number of carbonyl (C=O) groups excluding carboxylic acids is 7. The van der Waals surface area contributed by atoms with Crippen LogP contribution in [0.5, 0.6) is 0 Å². The van der Waals surface area contributed by atoms with Crippen LogP contribution in [0.3, 0.4) is 0 Å². The molecule has 0 saturated carbocycles. The molecule has 0 saturated heterocycles. The first-order valence-electron chi connectivity index (χ1n) is 18.5. The highest BCUT2D eigenvalue weighted by Crippen LogP contribution is 2.21. The van der Waals surface area contributed by atoms with Gasteiger partial charge >= 0.3 is 0 Å². The quantitative estimate of drug-likeness (QED) is 0.0944. The molecule has 306 valence electrons. The molecule has 3 rings (SSSR count). The molecular weight excluding hydrogens is 734 g/mol. The Bertz CT molecular complexity index is 1800. The molecule has 6 N–H and O–H groups in total. The third-order valence-electron chi connectivity index (χ3n) is 9.15. The molecule has 3 aromatic carbocycles. The maximum atomic E-state index is 14.3. The van der Waals surface area contributed by atoms with Gasteiger partial charge in [-0.3, -0.25) is 33.6 Å². The van der Waals surface area contributed by atoms with Gasteiger partial charge in [-0.05, 0) is 30.5 Å². The lowest BCUT2D eigenvalue weighted by molar-refractivity contribution is -0.146. The monoisotopic (exact) mass is 787 g/mol. The summed E-state index contributed by atoms with van der Waals surface area (Å²) in [7, 11) is 1.48. The normalized spacial score (nSPS) is 12.9. The second-order valence-corrected chi connectivity index (χ2v) is 13.5. The van der Waals surface area contributed by atoms with Crippen LogP contribution in [0.2, 0.25) is 0 Å². The molecule has 0 aromatic heterocycles. The summed E-state index contributed by atoms with van der Waals surface area (Å²) in [4.78, 5) is 96.2. The van der Waals surface area contributed by atoms with E-state index >= 15 is 0 Å². The van der Waals surface area contributed by atoms with E-state index in [1.54, 1.807) is 91.9 Å². The number of hydrogen-bond donors (Lipinski definition) is 5. The summed E-state index contributed by atoms with van der Waals surface area (Å²) in [5.74, 6) is -4.67. The standard InChI is InChI=1S/C41H53N7O9/c1-28(39(42)54)43-40(55)34(22-31-14-8-5-9-15-31)45-41(56)35(27-49)44-36(51)24-48(29(2)33-18-12-7-13-19-33)38(53)26-47(23-32-16-10-6-11-17-32)37(52)25-46(30(3)50)20-21-57-4/h5-19,28-29,34-35,49H,20-27H2,1-4H3,(H2,42,54)(H,43,55)(H,44,51)(H,45,56)/t28-,29-,34-,35-/m0/s1. The number of nitrogens with two attached hydrogens (primary N) is 1. The van der Waals surface area contributed by atoms with Crippen molar-refractivity contribution in [3.05, 3.63) is 108 Å². The zero-order valence-corrected chi connectivity index (χ0v) is 32.8. The molecule has 0 bridgehead atoms. The van der Waals surface area contributed by atoms with Crippen molar-refractivity contribution in [1.29, 1.82) is 0 Å². The molecule has 0 unspecified atom stereocenters. The highest BCUT2D eigenvalue weighted by molar-refractivity contribution is 5.95. The van der Waals surface area contributed by atoms with Crippen LogP contribution in [-0.2, 0) is 51.3 Å². The number of aliphatic hydroxyl groups excluding tert-OH is 1. The number of ether oxygens (including phenoxy) is 1. The molecule has 0 radical (unpaired) electrons. The lowest BCUT2D eigenvalue weighted by atomic mass is 10.0. The largest absolute Gasteiger partial charge is 0.394 e. The van der Waals surface area contributed by atoms with Crippen molar-refractivity contribution in [3.8, 4) is 0 Å². The predicted molar refractivity (Wildman–Crippen MR) is 210 cm³/mol. The first kappa shape index (κ1) is 45.3. The predicted octanol–water partition coefficient (Wildman–Crippen LogP) is 0.295. The van der Waals surface area contributed by atoms with Gasteiger partial charge in [0, 0.05) is 33.5 Å². The van der Waals surface area contributed by atoms with E-state index in [-0.39, 0.29) is 38.6 Å². The molecule has 16 nitrogen and oxygen atoms in total. The van der Waals surface area contributed by atoms with Gasteiger partial charge in [0.1, 0.15) is 31.2 Å². The maximum absolute atomic E-state index is 14.3. The molecular formula is C41H53N7O9. The first-order chi connectivity index (χ1) is 27.2. The van der Waals surface area contributed by atoms with Crippen LogP contribution in [0, 0.1) is 0 Å². The summed E-state index contributed by atoms with van der Waals surface area (Å²) in [6, 6.07) is 22.1. The number of rotatable bonds is 22. The van der Waals surface area contributed by atoms with Crippen LogP contribution in [0.1, 0.15) is 43.5 Å². The number of nitrogens with zero attached hydrogens (tertiary/aromatic N) is 3. The first-order valence-corrected chi connectivity index (χ1v) is 18.5. The zero-order chi connectivity index (χ0) is 41.9. The smallest absolute Gasteiger partial charge is 0.245 e. The van der Waals surface area contributed by atoms with Crippen molar-refractivity contribution < 1.29 is 43.4 Å². The van der Waals surface area contributed by atoms with E-state index in [0.717, 1.165) is 5.56 Å². The summed E-state index contributed by atoms with van der Waals surface area (Å²) >= 11 is 0. The number of nitrogens with one attached hydrogen (secondary N) is 3. The number of carbonyl (C=O) groups is 7. The van der Waals surface area contributed by atoms with Crippen LogP contribution < -0.4 is 21.7 Å². The van der Waals surface area contributed by atoms with Gasteiger partial charge in [-0.2, -0.15) is 0 Å². The van der Waals surface area contributed by atoms with Crippen LogP contribution in [0.15, 0.2) is 91.0 Å². The molecule has 0 fully saturated rings. The van der Waals surface area contributed by atoms with Crippen molar-refractivity contribution in [2.45, 2.75) is 57.9 Å². The second kappa shape index (κ2) is 23.1. The van der Waals surface area contributed by atoms with E-state index in [4.69, 9.17) is 10.5 Å². The van der Waals surface area contributed by atoms with Crippen molar-refractivity contribution in [2.24, 2.45) is 5.73 Å². The number of methoxy groups -OCH3 is 1. The highest BCUT2D eigenvalue weighted by atomic mass is 16.5. The number of amides is 7. The van der Waals surface area contributed by atoms with Crippen molar-refractivity contribution in [3.63, 3.8) is 0 Å². The van der Waals surface area contributed by atoms with E-state index < -0.39 is 79.3 Å². The lowest BCUT2D eigenvalue weighted by Crippen LogP contribution is -2.58. The maximum Gasteiger partial charge on any atom is 0.245 e. The minimum atomic E-state index is -1.54. The molecule has 0 aliphatic carbocycles. The lowest BCUT2D eigenvalue weighted by Gasteiger charge is -2.33. The van der Waals surface area contributed by atoms with Gasteiger partial charge in [0.25, 0.3) is 0 Å². The van der Waals surface area contributed by atoms with E-state index in [1.165, 1.54) is 35.7 Å². The molecule has 0 aliphatic rings. The van der Waals surface area contributed by atoms with Gasteiger partial charge in [0.15, 0.2) is 0 Å². The molecule has 16 heteroatoms. The summed E-state index contributed by atoms with van der Waals surface area (Å²) in [5, 5.41) is 17.7. The molecule has 0 heterocycles. The Morgan fingerprint density at radius 1 is 0.702 bits per heavy atom. The van der Waals surface area contributed by atoms with Gasteiger partial charge in [0.2, 0.25) is 41.4 Å². The SMILES string of the molecule is COCCN(CC(=O)N(CC(=O)N(CC(=O)N[C@@H](CO)C(=O)N[C@@H](Cc1ccccc1)C(=O)N[C@@H](C)C(N)=O)[C@@H](C)c1ccccc1)Cc1ccccc1)C(C)=O. The number of benzene rings is 3. The Balaban J connectivity index is 1.85. The molecule has 7 amide bonds. The van der Waals surface area contributed by atoms with Gasteiger partial charge < -0.3 is 46.2 Å². The fourth-order valence-corrected chi connectivity index (χ4v) is 5.76. The van der Waals surface area contributed by atoms with E-state index in [9.17, 15) is 38.7 Å². The van der Waals surface area contributed by atoms with E-state index in [0.29, 0.717) is 11.1 Å².